The average Bonchev–Trinajstić information content (AvgIpc) is 2.74. The monoisotopic (exact) mass is 241 g/mol. The molecule has 0 amide bonds. The molecule has 1 aliphatic rings. The first-order chi connectivity index (χ1) is 8.08. The molecular formula is C10H17N4O3+. The van der Waals surface area contributed by atoms with Gasteiger partial charge >= 0.3 is 11.8 Å². The van der Waals surface area contributed by atoms with Crippen LogP contribution in [0.15, 0.2) is 6.20 Å². The zero-order chi connectivity index (χ0) is 12.4. The van der Waals surface area contributed by atoms with E-state index in [1.807, 2.05) is 4.68 Å². The molecule has 2 heterocycles. The number of carboxylic acid groups (broad SMARTS) is 1. The molecule has 0 radical (unpaired) electrons. The predicted molar refractivity (Wildman–Crippen MR) is 59.6 cm³/mol. The number of carboxylic acids is 1. The number of H-pyrrole nitrogens is 1. The van der Waals surface area contributed by atoms with Crippen LogP contribution >= 0.6 is 0 Å². The summed E-state index contributed by atoms with van der Waals surface area (Å²) in [5.41, 5.74) is 0.778. The summed E-state index contributed by atoms with van der Waals surface area (Å²) < 4.78 is 1.93. The molecule has 0 aromatic carbocycles. The number of hydrogen-bond donors (Lipinski definition) is 4. The van der Waals surface area contributed by atoms with Crippen LogP contribution in [0.2, 0.25) is 0 Å². The van der Waals surface area contributed by atoms with Gasteiger partial charge in [0.15, 0.2) is 0 Å². The van der Waals surface area contributed by atoms with E-state index in [-0.39, 0.29) is 6.54 Å². The summed E-state index contributed by atoms with van der Waals surface area (Å²) in [6, 6.07) is 0. The first kappa shape index (κ1) is 11.9. The number of aliphatic carboxylic acids is 1. The molecule has 4 N–H and O–H groups in total. The van der Waals surface area contributed by atoms with Crippen molar-refractivity contribution in [1.82, 2.24) is 10.00 Å². The molecule has 1 atom stereocenters. The van der Waals surface area contributed by atoms with E-state index < -0.39 is 12.1 Å². The summed E-state index contributed by atoms with van der Waals surface area (Å²) >= 11 is 0. The summed E-state index contributed by atoms with van der Waals surface area (Å²) in [7, 11) is 1.67. The number of rotatable bonds is 5. The number of likely N-dealkylation sites (N-methyl/N-ethyl adjacent to an activating group) is 1. The Morgan fingerprint density at radius 1 is 1.71 bits per heavy atom. The zero-order valence-corrected chi connectivity index (χ0v) is 9.68. The first-order valence-electron chi connectivity index (χ1n) is 5.51. The van der Waals surface area contributed by atoms with Gasteiger partial charge in [-0.05, 0) is 7.05 Å². The van der Waals surface area contributed by atoms with E-state index in [0.29, 0.717) is 6.54 Å². The van der Waals surface area contributed by atoms with Gasteiger partial charge in [-0.15, -0.1) is 0 Å². The maximum Gasteiger partial charge on any atom is 0.317 e. The Hall–Kier alpha value is -1.60. The lowest BCUT2D eigenvalue weighted by molar-refractivity contribution is -0.726. The normalized spacial score (nSPS) is 15.7. The molecule has 7 heteroatoms. The fourth-order valence-electron chi connectivity index (χ4n) is 2.04. The second-order valence-electron chi connectivity index (χ2n) is 4.26. The van der Waals surface area contributed by atoms with Crippen molar-refractivity contribution >= 4 is 11.8 Å². The number of anilines is 1. The van der Waals surface area contributed by atoms with Crippen molar-refractivity contribution in [1.29, 1.82) is 0 Å². The quantitative estimate of drug-likeness (QED) is 0.485. The molecule has 1 aromatic rings. The van der Waals surface area contributed by atoms with Gasteiger partial charge in [-0.1, -0.05) is 0 Å². The molecule has 1 aromatic heterocycles. The van der Waals surface area contributed by atoms with E-state index in [4.69, 9.17) is 5.11 Å². The third kappa shape index (κ3) is 2.56. The number of nitrogens with one attached hydrogen (secondary N) is 2. The van der Waals surface area contributed by atoms with Gasteiger partial charge < -0.3 is 10.2 Å². The molecule has 17 heavy (non-hydrogen) atoms. The molecule has 2 rings (SSSR count). The van der Waals surface area contributed by atoms with Crippen LogP contribution < -0.4 is 10.00 Å². The number of carbonyl (C=O) groups is 1. The molecule has 7 nitrogen and oxygen atoms in total. The van der Waals surface area contributed by atoms with Crippen LogP contribution in [0.25, 0.3) is 0 Å². The summed E-state index contributed by atoms with van der Waals surface area (Å²) in [5.74, 6) is -0.00674. The van der Waals surface area contributed by atoms with Crippen molar-refractivity contribution in [3.05, 3.63) is 11.8 Å². The van der Waals surface area contributed by atoms with Crippen molar-refractivity contribution in [2.45, 2.75) is 12.6 Å². The smallest absolute Gasteiger partial charge is 0.317 e. The molecule has 1 aliphatic heterocycles. The minimum Gasteiger partial charge on any atom is -0.480 e. The predicted octanol–water partition coefficient (Wildman–Crippen LogP) is -1.22. The molecule has 0 saturated carbocycles. The highest BCUT2D eigenvalue weighted by molar-refractivity contribution is 5.69. The maximum atomic E-state index is 10.5. The van der Waals surface area contributed by atoms with Crippen LogP contribution in [-0.2, 0) is 11.3 Å². The van der Waals surface area contributed by atoms with Crippen LogP contribution in [0.3, 0.4) is 0 Å². The van der Waals surface area contributed by atoms with Gasteiger partial charge in [0.05, 0.1) is 18.3 Å². The summed E-state index contributed by atoms with van der Waals surface area (Å²) in [6.45, 7) is 1.91. The van der Waals surface area contributed by atoms with Gasteiger partial charge in [0.2, 0.25) is 0 Å². The Balaban J connectivity index is 1.99. The SMILES string of the molecule is CN(CC(=O)O)CC(O)c1c[nH][n+]2c1NCC2. The van der Waals surface area contributed by atoms with E-state index in [1.54, 1.807) is 18.1 Å². The van der Waals surface area contributed by atoms with Gasteiger partial charge in [0.25, 0.3) is 0 Å². The second-order valence-corrected chi connectivity index (χ2v) is 4.26. The number of aromatic amines is 1. The first-order valence-corrected chi connectivity index (χ1v) is 5.51. The summed E-state index contributed by atoms with van der Waals surface area (Å²) in [5, 5.41) is 24.9. The van der Waals surface area contributed by atoms with Gasteiger partial charge in [-0.25, -0.2) is 5.10 Å². The molecular weight excluding hydrogens is 224 g/mol. The van der Waals surface area contributed by atoms with E-state index in [2.05, 4.69) is 10.4 Å². The average molecular weight is 241 g/mol. The van der Waals surface area contributed by atoms with Crippen LogP contribution in [0.4, 0.5) is 5.82 Å². The van der Waals surface area contributed by atoms with Crippen molar-refractivity contribution in [3.63, 3.8) is 0 Å². The standard InChI is InChI=1S/C10H16N4O3/c1-13(6-9(16)17)5-8(15)7-4-12-14-3-2-11-10(7)14/h4,8,15H,2-3,5-6H2,1H3,(H2,11,12,16,17)/p+1. The van der Waals surface area contributed by atoms with E-state index in [0.717, 1.165) is 24.5 Å². The molecule has 0 saturated heterocycles. The van der Waals surface area contributed by atoms with Gasteiger partial charge in [0, 0.05) is 6.54 Å². The number of aliphatic hydroxyl groups excluding tert-OH is 1. The van der Waals surface area contributed by atoms with Crippen LogP contribution in [0, 0.1) is 0 Å². The Kier molecular flexibility index (Phi) is 3.30. The molecule has 94 valence electrons. The number of nitrogens with zero attached hydrogens (tertiary/aromatic N) is 2. The Labute approximate surface area is 98.6 Å². The lowest BCUT2D eigenvalue weighted by Gasteiger charge is -2.17. The van der Waals surface area contributed by atoms with Crippen LogP contribution in [0.1, 0.15) is 11.7 Å². The number of aliphatic hydroxyl groups is 1. The number of aromatic nitrogens is 2. The second kappa shape index (κ2) is 4.72. The molecule has 0 spiro atoms. The number of fused-ring (bicyclic) bond motifs is 1. The van der Waals surface area contributed by atoms with Crippen LogP contribution in [0.5, 0.6) is 0 Å². The highest BCUT2D eigenvalue weighted by Gasteiger charge is 2.28. The Morgan fingerprint density at radius 2 is 2.47 bits per heavy atom. The van der Waals surface area contributed by atoms with Crippen molar-refractivity contribution < 1.29 is 19.7 Å². The Morgan fingerprint density at radius 3 is 3.18 bits per heavy atom. The van der Waals surface area contributed by atoms with E-state index in [9.17, 15) is 9.90 Å². The van der Waals surface area contributed by atoms with Crippen molar-refractivity contribution in [2.75, 3.05) is 32.0 Å². The minimum absolute atomic E-state index is 0.0791. The van der Waals surface area contributed by atoms with E-state index in [1.165, 1.54) is 0 Å². The van der Waals surface area contributed by atoms with E-state index >= 15 is 0 Å². The van der Waals surface area contributed by atoms with Gasteiger partial charge in [-0.2, -0.15) is 4.68 Å². The minimum atomic E-state index is -0.897. The fraction of sp³-hybridized carbons (Fsp3) is 0.600. The summed E-state index contributed by atoms with van der Waals surface area (Å²) in [6.07, 6.45) is 1.05. The largest absolute Gasteiger partial charge is 0.480 e. The van der Waals surface area contributed by atoms with Gasteiger partial charge in [0.1, 0.15) is 19.2 Å². The third-order valence-electron chi connectivity index (χ3n) is 2.80. The lowest BCUT2D eigenvalue weighted by atomic mass is 10.2. The van der Waals surface area contributed by atoms with Crippen molar-refractivity contribution in [2.24, 2.45) is 0 Å². The van der Waals surface area contributed by atoms with Gasteiger partial charge in [-0.3, -0.25) is 15.0 Å². The number of hydrogen-bond acceptors (Lipinski definition) is 4. The van der Waals surface area contributed by atoms with Crippen molar-refractivity contribution in [3.8, 4) is 0 Å². The maximum absolute atomic E-state index is 10.5. The molecule has 0 aliphatic carbocycles. The zero-order valence-electron chi connectivity index (χ0n) is 9.68. The molecule has 0 fully saturated rings. The highest BCUT2D eigenvalue weighted by atomic mass is 16.4. The third-order valence-corrected chi connectivity index (χ3v) is 2.80. The molecule has 0 bridgehead atoms. The molecule has 1 unspecified atom stereocenters. The lowest BCUT2D eigenvalue weighted by Crippen LogP contribution is -2.32. The topological polar surface area (TPSA) is 92.5 Å². The summed E-state index contributed by atoms with van der Waals surface area (Å²) in [4.78, 5) is 12.1. The Bertz CT molecular complexity index is 418. The fourth-order valence-corrected chi connectivity index (χ4v) is 2.04. The highest BCUT2D eigenvalue weighted by Crippen LogP contribution is 2.21. The van der Waals surface area contributed by atoms with Crippen LogP contribution in [-0.4, -0.2) is 52.9 Å².